The van der Waals surface area contributed by atoms with E-state index in [0.29, 0.717) is 6.07 Å². The van der Waals surface area contributed by atoms with Crippen LogP contribution in [0, 0.1) is 0 Å². The molecule has 0 spiro atoms. The molecule has 0 aliphatic heterocycles. The molecule has 2 aromatic carbocycles. The number of aromatic hydroxyl groups is 1. The summed E-state index contributed by atoms with van der Waals surface area (Å²) in [6.45, 7) is 0. The number of fused-ring (bicyclic) bond motifs is 1. The molecule has 0 fully saturated rings. The Hall–Kier alpha value is -3.62. The highest BCUT2D eigenvalue weighted by Gasteiger charge is 2.26. The number of methoxy groups -OCH3 is 1. The lowest BCUT2D eigenvalue weighted by Crippen LogP contribution is -2.16. The summed E-state index contributed by atoms with van der Waals surface area (Å²) in [6.07, 6.45) is 0. The van der Waals surface area contributed by atoms with Crippen molar-refractivity contribution in [1.82, 2.24) is 0 Å². The third-order valence-corrected chi connectivity index (χ3v) is 5.09. The average molecular weight is 556 g/mol. The molecule has 0 saturated carbocycles. The van der Waals surface area contributed by atoms with Gasteiger partial charge in [-0.15, -0.1) is 0 Å². The minimum atomic E-state index is -5.34. The quantitative estimate of drug-likeness (QED) is 0.279. The van der Waals surface area contributed by atoms with Crippen LogP contribution in [0.3, 0.4) is 0 Å². The van der Waals surface area contributed by atoms with Gasteiger partial charge in [-0.3, -0.25) is 18.5 Å². The van der Waals surface area contributed by atoms with Crippen LogP contribution in [0.1, 0.15) is 0 Å². The monoisotopic (exact) mass is 556 g/mol. The van der Waals surface area contributed by atoms with E-state index in [2.05, 4.69) is 12.5 Å². The molecule has 3 rings (SSSR count). The molecule has 0 aliphatic rings. The molecule has 0 unspecified atom stereocenters. The zero-order chi connectivity index (χ0) is 26.3. The van der Waals surface area contributed by atoms with E-state index < -0.39 is 76.4 Å². The van der Waals surface area contributed by atoms with Crippen LogP contribution < -0.4 is 22.7 Å². The van der Waals surface area contributed by atoms with Crippen LogP contribution in [0.5, 0.6) is 28.7 Å². The lowest BCUT2D eigenvalue weighted by atomic mass is 10.1. The maximum absolute atomic E-state index is 12.9. The van der Waals surface area contributed by atoms with Crippen LogP contribution >= 0.6 is 0 Å². The number of phenols is 1. The van der Waals surface area contributed by atoms with Crippen LogP contribution in [-0.4, -0.2) is 51.1 Å². The largest absolute Gasteiger partial charge is 0.507 e. The third kappa shape index (κ3) is 6.29. The minimum absolute atomic E-state index is 0.261. The van der Waals surface area contributed by atoms with Gasteiger partial charge in [0.15, 0.2) is 23.0 Å². The van der Waals surface area contributed by atoms with E-state index in [1.165, 1.54) is 0 Å². The van der Waals surface area contributed by atoms with E-state index in [-0.39, 0.29) is 11.3 Å². The van der Waals surface area contributed by atoms with E-state index in [0.717, 1.165) is 31.4 Å². The average Bonchev–Trinajstić information content (AvgIpc) is 2.66. The van der Waals surface area contributed by atoms with Gasteiger partial charge in [0.2, 0.25) is 11.2 Å². The second-order valence-electron chi connectivity index (χ2n) is 6.30. The van der Waals surface area contributed by atoms with Crippen molar-refractivity contribution < 1.29 is 65.7 Å². The van der Waals surface area contributed by atoms with Gasteiger partial charge in [-0.05, 0) is 18.2 Å². The van der Waals surface area contributed by atoms with E-state index in [4.69, 9.17) is 22.8 Å². The Kier molecular flexibility index (Phi) is 6.59. The second-order valence-corrected chi connectivity index (χ2v) is 9.37. The van der Waals surface area contributed by atoms with Crippen molar-refractivity contribution >= 4 is 42.2 Å². The Morgan fingerprint density at radius 3 is 1.94 bits per heavy atom. The fourth-order valence-electron chi connectivity index (χ4n) is 2.79. The lowest BCUT2D eigenvalue weighted by Gasteiger charge is -2.13. The molecule has 0 amide bonds. The number of ether oxygens (including phenoxy) is 1. The van der Waals surface area contributed by atoms with Crippen LogP contribution in [0.2, 0.25) is 0 Å². The van der Waals surface area contributed by atoms with Crippen LogP contribution in [0.4, 0.5) is 0 Å². The predicted molar refractivity (Wildman–Crippen MR) is 113 cm³/mol. The highest BCUT2D eigenvalue weighted by Crippen LogP contribution is 2.39. The molecule has 0 aliphatic carbocycles. The summed E-state index contributed by atoms with van der Waals surface area (Å²) in [5.74, 6) is -4.56. The maximum Gasteiger partial charge on any atom is 0.446 e. The molecule has 3 aromatic rings. The molecule has 4 N–H and O–H groups in total. The first-order valence-electron chi connectivity index (χ1n) is 8.50. The van der Waals surface area contributed by atoms with Crippen LogP contribution in [0.25, 0.3) is 22.3 Å². The minimum Gasteiger partial charge on any atom is -0.507 e. The van der Waals surface area contributed by atoms with Crippen molar-refractivity contribution in [1.29, 1.82) is 0 Å². The van der Waals surface area contributed by atoms with Gasteiger partial charge in [-0.1, -0.05) is 0 Å². The standard InChI is InChI=1S/C16H12O16S3/c1-28-11-4-7(2-3-10(11)31-34(22,23)24)15-16(32-35(25,26)27)14(18)13-9(17)5-8(6-12(13)29-15)30-33(19,20)21/h2-6,17H,1H3,(H,19,20,21)(H,22,23,24)(H,25,26,27). The topological polar surface area (TPSA) is 250 Å². The van der Waals surface area contributed by atoms with Crippen molar-refractivity contribution in [2.24, 2.45) is 0 Å². The first kappa shape index (κ1) is 26.0. The number of benzene rings is 2. The van der Waals surface area contributed by atoms with Gasteiger partial charge in [0.1, 0.15) is 16.7 Å². The fourth-order valence-corrected chi connectivity index (χ4v) is 3.86. The Morgan fingerprint density at radius 2 is 1.40 bits per heavy atom. The Labute approximate surface area is 195 Å². The third-order valence-electron chi connectivity index (χ3n) is 3.92. The van der Waals surface area contributed by atoms with Crippen LogP contribution in [-0.2, 0) is 31.2 Å². The molecular formula is C16H12O16S3. The normalized spacial score (nSPS) is 12.3. The van der Waals surface area contributed by atoms with Crippen molar-refractivity contribution in [3.8, 4) is 40.1 Å². The zero-order valence-electron chi connectivity index (χ0n) is 16.8. The van der Waals surface area contributed by atoms with Crippen molar-refractivity contribution in [2.75, 3.05) is 7.11 Å². The molecule has 0 bridgehead atoms. The number of hydrogen-bond acceptors (Lipinski definition) is 13. The highest BCUT2D eigenvalue weighted by atomic mass is 32.3. The van der Waals surface area contributed by atoms with Gasteiger partial charge in [0.25, 0.3) is 0 Å². The molecule has 35 heavy (non-hydrogen) atoms. The van der Waals surface area contributed by atoms with Crippen LogP contribution in [0.15, 0.2) is 39.5 Å². The highest BCUT2D eigenvalue weighted by molar-refractivity contribution is 7.81. The molecule has 0 atom stereocenters. The summed E-state index contributed by atoms with van der Waals surface area (Å²) in [5.41, 5.74) is -2.24. The van der Waals surface area contributed by atoms with E-state index in [1.54, 1.807) is 0 Å². The van der Waals surface area contributed by atoms with Gasteiger partial charge >= 0.3 is 31.2 Å². The fraction of sp³-hybridized carbons (Fsp3) is 0.0625. The van der Waals surface area contributed by atoms with Crippen molar-refractivity contribution in [2.45, 2.75) is 0 Å². The molecule has 19 heteroatoms. The SMILES string of the molecule is COc1cc(-c2oc3cc(OS(=O)(=O)O)cc(O)c3c(=O)c2OS(=O)(=O)O)ccc1OS(=O)(=O)O. The maximum atomic E-state index is 12.9. The summed E-state index contributed by atoms with van der Waals surface area (Å²) in [6, 6.07) is 4.15. The summed E-state index contributed by atoms with van der Waals surface area (Å²) >= 11 is 0. The molecule has 190 valence electrons. The van der Waals surface area contributed by atoms with Gasteiger partial charge in [-0.2, -0.15) is 25.3 Å². The zero-order valence-corrected chi connectivity index (χ0v) is 19.2. The molecule has 0 saturated heterocycles. The number of hydrogen-bond donors (Lipinski definition) is 4. The number of phenolic OH excluding ortho intramolecular Hbond substituents is 1. The van der Waals surface area contributed by atoms with Gasteiger partial charge in [-0.25, -0.2) is 0 Å². The van der Waals surface area contributed by atoms with Crippen molar-refractivity contribution in [3.05, 3.63) is 40.6 Å². The predicted octanol–water partition coefficient (Wildman–Crippen LogP) is 0.719. The Balaban J connectivity index is 2.36. The first-order chi connectivity index (χ1) is 16.0. The van der Waals surface area contributed by atoms with Gasteiger partial charge in [0.05, 0.1) is 7.11 Å². The summed E-state index contributed by atoms with van der Waals surface area (Å²) in [5, 5.41) is 9.40. The Bertz CT molecular complexity index is 1700. The second kappa shape index (κ2) is 8.87. The molecule has 1 aromatic heterocycles. The molecular weight excluding hydrogens is 544 g/mol. The summed E-state index contributed by atoms with van der Waals surface area (Å²) in [4.78, 5) is 12.9. The molecule has 0 radical (unpaired) electrons. The van der Waals surface area contributed by atoms with Gasteiger partial charge in [0, 0.05) is 17.7 Å². The lowest BCUT2D eigenvalue weighted by molar-refractivity contribution is 0.360. The molecule has 16 nitrogen and oxygen atoms in total. The summed E-state index contributed by atoms with van der Waals surface area (Å²) in [7, 11) is -14.3. The van der Waals surface area contributed by atoms with Gasteiger partial charge < -0.3 is 26.8 Å². The van der Waals surface area contributed by atoms with E-state index in [1.807, 2.05) is 0 Å². The summed E-state index contributed by atoms with van der Waals surface area (Å²) < 4.78 is 117. The molecule has 1 heterocycles. The van der Waals surface area contributed by atoms with E-state index in [9.17, 15) is 35.2 Å². The smallest absolute Gasteiger partial charge is 0.446 e. The Morgan fingerprint density at radius 1 is 0.800 bits per heavy atom. The van der Waals surface area contributed by atoms with Crippen molar-refractivity contribution in [3.63, 3.8) is 0 Å². The number of rotatable bonds is 8. The first-order valence-corrected chi connectivity index (χ1v) is 12.6. The van der Waals surface area contributed by atoms with E-state index >= 15 is 0 Å².